The van der Waals surface area contributed by atoms with Gasteiger partial charge in [-0.15, -0.1) is 11.3 Å². The fourth-order valence-electron chi connectivity index (χ4n) is 1.88. The molecule has 0 bridgehead atoms. The van der Waals surface area contributed by atoms with Gasteiger partial charge in [-0.05, 0) is 37.0 Å². The second kappa shape index (κ2) is 7.80. The first-order valence-corrected chi connectivity index (χ1v) is 9.22. The summed E-state index contributed by atoms with van der Waals surface area (Å²) in [5.41, 5.74) is 1.88. The van der Waals surface area contributed by atoms with E-state index in [1.807, 2.05) is 36.9 Å². The Morgan fingerprint density at radius 1 is 1.43 bits per heavy atom. The van der Waals surface area contributed by atoms with Crippen molar-refractivity contribution in [3.8, 4) is 0 Å². The number of fused-ring (bicyclic) bond motifs is 1. The number of thiazole rings is 1. The van der Waals surface area contributed by atoms with Crippen molar-refractivity contribution in [3.63, 3.8) is 0 Å². The summed E-state index contributed by atoms with van der Waals surface area (Å²) in [7, 11) is 0. The number of nitrogens with one attached hydrogen (secondary N) is 1. The largest absolute Gasteiger partial charge is 0.326 e. The Morgan fingerprint density at radius 2 is 2.24 bits per heavy atom. The van der Waals surface area contributed by atoms with Crippen LogP contribution in [-0.2, 0) is 4.79 Å². The van der Waals surface area contributed by atoms with E-state index in [2.05, 4.69) is 24.1 Å². The lowest BCUT2D eigenvalue weighted by molar-refractivity contribution is -0.116. The second-order valence-electron chi connectivity index (χ2n) is 5.49. The molecule has 1 aromatic carbocycles. The van der Waals surface area contributed by atoms with Crippen LogP contribution in [0.25, 0.3) is 10.2 Å². The molecule has 0 saturated heterocycles. The maximum atomic E-state index is 11.6. The fourth-order valence-corrected chi connectivity index (χ4v) is 4.29. The molecule has 0 saturated carbocycles. The van der Waals surface area contributed by atoms with Gasteiger partial charge in [-0.1, -0.05) is 32.5 Å². The number of carbonyl (C=O) groups is 1. The topological polar surface area (TPSA) is 42.0 Å². The molecule has 1 heterocycles. The first-order valence-electron chi connectivity index (χ1n) is 7.41. The molecule has 2 rings (SSSR count). The van der Waals surface area contributed by atoms with Crippen LogP contribution in [0.1, 0.15) is 40.0 Å². The van der Waals surface area contributed by atoms with E-state index in [1.165, 1.54) is 6.42 Å². The van der Waals surface area contributed by atoms with Crippen molar-refractivity contribution in [2.45, 2.75) is 44.4 Å². The molecule has 0 aliphatic rings. The highest BCUT2D eigenvalue weighted by Crippen LogP contribution is 2.32. The molecule has 0 unspecified atom stereocenters. The number of nitrogens with zero attached hydrogens (tertiary/aromatic N) is 1. The van der Waals surface area contributed by atoms with Crippen molar-refractivity contribution >= 4 is 44.9 Å². The van der Waals surface area contributed by atoms with Crippen molar-refractivity contribution in [2.75, 3.05) is 11.1 Å². The van der Waals surface area contributed by atoms with Crippen molar-refractivity contribution in [2.24, 2.45) is 5.92 Å². The highest BCUT2D eigenvalue weighted by atomic mass is 32.2. The highest BCUT2D eigenvalue weighted by Gasteiger charge is 2.07. The zero-order valence-corrected chi connectivity index (χ0v) is 14.4. The molecule has 114 valence electrons. The van der Waals surface area contributed by atoms with E-state index in [0.717, 1.165) is 38.3 Å². The Hall–Kier alpha value is -1.07. The van der Waals surface area contributed by atoms with E-state index < -0.39 is 0 Å². The van der Waals surface area contributed by atoms with Gasteiger partial charge in [-0.2, -0.15) is 0 Å². The maximum absolute atomic E-state index is 11.6. The minimum absolute atomic E-state index is 0.0768. The van der Waals surface area contributed by atoms with Gasteiger partial charge in [0.2, 0.25) is 5.91 Å². The van der Waals surface area contributed by atoms with Crippen molar-refractivity contribution in [3.05, 3.63) is 18.2 Å². The molecular formula is C16H22N2OS2. The summed E-state index contributed by atoms with van der Waals surface area (Å²) >= 11 is 3.53. The minimum atomic E-state index is 0.0768. The summed E-state index contributed by atoms with van der Waals surface area (Å²) in [6.45, 7) is 6.49. The molecule has 0 fully saturated rings. The van der Waals surface area contributed by atoms with Crippen LogP contribution in [0, 0.1) is 5.92 Å². The molecule has 0 spiro atoms. The van der Waals surface area contributed by atoms with E-state index in [4.69, 9.17) is 0 Å². The Kier molecular flexibility index (Phi) is 6.06. The summed E-state index contributed by atoms with van der Waals surface area (Å²) < 4.78 is 2.25. The van der Waals surface area contributed by atoms with Crippen LogP contribution in [0.5, 0.6) is 0 Å². The van der Waals surface area contributed by atoms with Crippen LogP contribution in [0.3, 0.4) is 0 Å². The van der Waals surface area contributed by atoms with E-state index >= 15 is 0 Å². The van der Waals surface area contributed by atoms with Gasteiger partial charge in [-0.3, -0.25) is 4.79 Å². The van der Waals surface area contributed by atoms with Gasteiger partial charge in [0.1, 0.15) is 0 Å². The lowest BCUT2D eigenvalue weighted by Crippen LogP contribution is -2.10. The standard InChI is InChI=1S/C16H22N2OS2/c1-4-5-15(19)17-12-6-7-13-14(10-12)21-16(18-13)20-9-8-11(2)3/h6-7,10-11H,4-5,8-9H2,1-3H3,(H,17,19). The molecule has 21 heavy (non-hydrogen) atoms. The van der Waals surface area contributed by atoms with Crippen LogP contribution in [0.4, 0.5) is 5.69 Å². The van der Waals surface area contributed by atoms with Crippen LogP contribution >= 0.6 is 23.1 Å². The minimum Gasteiger partial charge on any atom is -0.326 e. The summed E-state index contributed by atoms with van der Waals surface area (Å²) in [5.74, 6) is 1.91. The number of benzene rings is 1. The number of amides is 1. The first kappa shape index (κ1) is 16.3. The lowest BCUT2D eigenvalue weighted by atomic mass is 10.2. The third-order valence-corrected chi connectivity index (χ3v) is 5.24. The number of thioether (sulfide) groups is 1. The van der Waals surface area contributed by atoms with Gasteiger partial charge in [0.15, 0.2) is 4.34 Å². The predicted octanol–water partition coefficient (Wildman–Crippen LogP) is 5.17. The van der Waals surface area contributed by atoms with Crippen molar-refractivity contribution in [1.29, 1.82) is 0 Å². The number of hydrogen-bond donors (Lipinski definition) is 1. The third-order valence-electron chi connectivity index (χ3n) is 3.05. The zero-order valence-electron chi connectivity index (χ0n) is 12.8. The third kappa shape index (κ3) is 5.00. The van der Waals surface area contributed by atoms with E-state index in [0.29, 0.717) is 6.42 Å². The van der Waals surface area contributed by atoms with Crippen LogP contribution in [0.15, 0.2) is 22.5 Å². The Balaban J connectivity index is 2.03. The molecule has 0 radical (unpaired) electrons. The molecule has 2 aromatic rings. The summed E-state index contributed by atoms with van der Waals surface area (Å²) in [5, 5.41) is 2.94. The van der Waals surface area contributed by atoms with Crippen LogP contribution in [-0.4, -0.2) is 16.6 Å². The fraction of sp³-hybridized carbons (Fsp3) is 0.500. The van der Waals surface area contributed by atoms with Gasteiger partial charge in [0, 0.05) is 17.9 Å². The number of aromatic nitrogens is 1. The molecule has 1 amide bonds. The smallest absolute Gasteiger partial charge is 0.224 e. The molecule has 0 aliphatic heterocycles. The molecule has 0 aliphatic carbocycles. The molecule has 5 heteroatoms. The summed E-state index contributed by atoms with van der Waals surface area (Å²) in [6.07, 6.45) is 2.64. The summed E-state index contributed by atoms with van der Waals surface area (Å²) in [6, 6.07) is 5.94. The van der Waals surface area contributed by atoms with Gasteiger partial charge in [0.05, 0.1) is 10.2 Å². The molecule has 1 aromatic heterocycles. The van der Waals surface area contributed by atoms with Gasteiger partial charge in [-0.25, -0.2) is 4.98 Å². The maximum Gasteiger partial charge on any atom is 0.224 e. The molecule has 0 atom stereocenters. The zero-order chi connectivity index (χ0) is 15.2. The van der Waals surface area contributed by atoms with E-state index in [9.17, 15) is 4.79 Å². The summed E-state index contributed by atoms with van der Waals surface area (Å²) in [4.78, 5) is 16.3. The number of anilines is 1. The molecule has 3 nitrogen and oxygen atoms in total. The molecule has 1 N–H and O–H groups in total. The lowest BCUT2D eigenvalue weighted by Gasteiger charge is -2.03. The average molecular weight is 322 g/mol. The average Bonchev–Trinajstić information content (AvgIpc) is 2.80. The normalized spacial score (nSPS) is 11.2. The second-order valence-corrected chi connectivity index (χ2v) is 7.86. The Bertz CT molecular complexity index is 607. The number of rotatable bonds is 7. The van der Waals surface area contributed by atoms with Gasteiger partial charge >= 0.3 is 0 Å². The SMILES string of the molecule is CCCC(=O)Nc1ccc2nc(SCCC(C)C)sc2c1. The predicted molar refractivity (Wildman–Crippen MR) is 93.3 cm³/mol. The first-order chi connectivity index (χ1) is 10.1. The van der Waals surface area contributed by atoms with Gasteiger partial charge in [0.25, 0.3) is 0 Å². The van der Waals surface area contributed by atoms with Crippen LogP contribution in [0.2, 0.25) is 0 Å². The quantitative estimate of drug-likeness (QED) is 0.715. The number of carbonyl (C=O) groups excluding carboxylic acids is 1. The van der Waals surface area contributed by atoms with Crippen molar-refractivity contribution < 1.29 is 4.79 Å². The monoisotopic (exact) mass is 322 g/mol. The van der Waals surface area contributed by atoms with Crippen molar-refractivity contribution in [1.82, 2.24) is 4.98 Å². The number of hydrogen-bond acceptors (Lipinski definition) is 4. The van der Waals surface area contributed by atoms with E-state index in [1.54, 1.807) is 11.3 Å². The van der Waals surface area contributed by atoms with Crippen LogP contribution < -0.4 is 5.32 Å². The molecular weight excluding hydrogens is 300 g/mol. The Labute approximate surface area is 134 Å². The van der Waals surface area contributed by atoms with E-state index in [-0.39, 0.29) is 5.91 Å². The van der Waals surface area contributed by atoms with Gasteiger partial charge < -0.3 is 5.32 Å². The highest BCUT2D eigenvalue weighted by molar-refractivity contribution is 8.01. The Morgan fingerprint density at radius 3 is 2.95 bits per heavy atom.